The molecule has 0 radical (unpaired) electrons. The molecule has 1 aromatic rings. The maximum atomic E-state index is 12.9. The fourth-order valence-corrected chi connectivity index (χ4v) is 3.70. The highest BCUT2D eigenvalue weighted by atomic mass is 32.1. The van der Waals surface area contributed by atoms with Gasteiger partial charge in [0.2, 0.25) is 0 Å². The van der Waals surface area contributed by atoms with Crippen LogP contribution in [-0.2, 0) is 12.7 Å². The van der Waals surface area contributed by atoms with Crippen molar-refractivity contribution in [1.29, 1.82) is 0 Å². The van der Waals surface area contributed by atoms with Crippen LogP contribution in [-0.4, -0.2) is 36.1 Å². The van der Waals surface area contributed by atoms with E-state index < -0.39 is 11.9 Å². The van der Waals surface area contributed by atoms with E-state index in [2.05, 4.69) is 22.1 Å². The maximum Gasteiger partial charge on any atom is 0.434 e. The normalized spacial score (nSPS) is 18.3. The highest BCUT2D eigenvalue weighted by Crippen LogP contribution is 2.35. The van der Waals surface area contributed by atoms with Gasteiger partial charge in [-0.15, -0.1) is 11.3 Å². The Balaban J connectivity index is 1.92. The van der Waals surface area contributed by atoms with E-state index >= 15 is 0 Å². The van der Waals surface area contributed by atoms with Crippen LogP contribution in [0.1, 0.15) is 35.3 Å². The molecule has 1 aromatic heterocycles. The van der Waals surface area contributed by atoms with Crippen molar-refractivity contribution < 1.29 is 13.2 Å². The van der Waals surface area contributed by atoms with E-state index in [4.69, 9.17) is 0 Å². The van der Waals surface area contributed by atoms with Crippen LogP contribution in [0.5, 0.6) is 0 Å². The number of thiazole rings is 1. The fourth-order valence-electron chi connectivity index (χ4n) is 2.70. The summed E-state index contributed by atoms with van der Waals surface area (Å²) in [5, 5.41) is 3.83. The Morgan fingerprint density at radius 2 is 2.00 bits per heavy atom. The van der Waals surface area contributed by atoms with Crippen molar-refractivity contribution in [3.8, 4) is 0 Å². The predicted molar refractivity (Wildman–Crippen MR) is 78.4 cm³/mol. The van der Waals surface area contributed by atoms with Gasteiger partial charge in [-0.25, -0.2) is 4.98 Å². The van der Waals surface area contributed by atoms with Crippen molar-refractivity contribution >= 4 is 11.3 Å². The molecule has 1 N–H and O–H groups in total. The van der Waals surface area contributed by atoms with Gasteiger partial charge < -0.3 is 5.32 Å². The summed E-state index contributed by atoms with van der Waals surface area (Å²) >= 11 is 1.16. The van der Waals surface area contributed by atoms with E-state index in [1.54, 1.807) is 6.92 Å². The lowest BCUT2D eigenvalue weighted by atomic mass is 9.97. The molecule has 21 heavy (non-hydrogen) atoms. The summed E-state index contributed by atoms with van der Waals surface area (Å²) in [4.78, 5) is 6.13. The van der Waals surface area contributed by atoms with Crippen molar-refractivity contribution in [3.63, 3.8) is 0 Å². The molecule has 2 heterocycles. The molecule has 0 aromatic carbocycles. The second-order valence-electron chi connectivity index (χ2n) is 5.53. The van der Waals surface area contributed by atoms with Gasteiger partial charge in [-0.2, -0.15) is 13.2 Å². The summed E-state index contributed by atoms with van der Waals surface area (Å²) in [5.41, 5.74) is -0.695. The topological polar surface area (TPSA) is 28.2 Å². The van der Waals surface area contributed by atoms with Crippen molar-refractivity contribution in [2.24, 2.45) is 5.92 Å². The van der Waals surface area contributed by atoms with Crippen LogP contribution < -0.4 is 5.32 Å². The van der Waals surface area contributed by atoms with Gasteiger partial charge >= 0.3 is 6.18 Å². The molecule has 120 valence electrons. The molecule has 3 nitrogen and oxygen atoms in total. The Bertz CT molecular complexity index is 451. The number of likely N-dealkylation sites (tertiary alicyclic amines) is 1. The van der Waals surface area contributed by atoms with E-state index in [-0.39, 0.29) is 0 Å². The zero-order chi connectivity index (χ0) is 15.5. The fraction of sp³-hybridized carbons (Fsp3) is 0.786. The minimum atomic E-state index is -4.34. The molecular formula is C14H22F3N3S. The summed E-state index contributed by atoms with van der Waals surface area (Å²) in [6.45, 7) is 7.79. The number of hydrogen-bond donors (Lipinski definition) is 1. The van der Waals surface area contributed by atoms with E-state index in [1.807, 2.05) is 0 Å². The third-order valence-electron chi connectivity index (χ3n) is 3.83. The Hall–Kier alpha value is -0.660. The lowest BCUT2D eigenvalue weighted by Gasteiger charge is -2.31. The third kappa shape index (κ3) is 4.66. The molecule has 0 atom stereocenters. The van der Waals surface area contributed by atoms with Crippen LogP contribution in [0, 0.1) is 12.8 Å². The van der Waals surface area contributed by atoms with E-state index in [0.29, 0.717) is 22.3 Å². The van der Waals surface area contributed by atoms with Crippen LogP contribution in [0.25, 0.3) is 0 Å². The van der Waals surface area contributed by atoms with Crippen molar-refractivity contribution in [2.75, 3.05) is 26.2 Å². The van der Waals surface area contributed by atoms with Crippen LogP contribution in [0.2, 0.25) is 0 Å². The largest absolute Gasteiger partial charge is 0.434 e. The van der Waals surface area contributed by atoms with Gasteiger partial charge in [0.1, 0.15) is 0 Å². The molecule has 0 unspecified atom stereocenters. The second-order valence-corrected chi connectivity index (χ2v) is 6.82. The summed E-state index contributed by atoms with van der Waals surface area (Å²) in [6, 6.07) is 0. The number of hydrogen-bond acceptors (Lipinski definition) is 4. The average Bonchev–Trinajstić information content (AvgIpc) is 2.79. The smallest absolute Gasteiger partial charge is 0.317 e. The average molecular weight is 321 g/mol. The molecule has 1 aliphatic heterocycles. The van der Waals surface area contributed by atoms with Crippen molar-refractivity contribution in [2.45, 2.75) is 39.4 Å². The first kappa shape index (κ1) is 16.7. The summed E-state index contributed by atoms with van der Waals surface area (Å²) in [6.07, 6.45) is -2.25. The standard InChI is InChI=1S/C14H22F3N3S/c1-3-18-8-11-4-6-20(7-5-11)9-12-13(14(15,16)17)19-10(2)21-12/h11,18H,3-9H2,1-2H3. The Morgan fingerprint density at radius 3 is 2.57 bits per heavy atom. The third-order valence-corrected chi connectivity index (χ3v) is 4.79. The summed E-state index contributed by atoms with van der Waals surface area (Å²) in [7, 11) is 0. The molecule has 7 heteroatoms. The minimum absolute atomic E-state index is 0.352. The molecular weight excluding hydrogens is 299 g/mol. The van der Waals surface area contributed by atoms with Gasteiger partial charge in [-0.3, -0.25) is 4.90 Å². The molecule has 0 amide bonds. The number of halogens is 3. The van der Waals surface area contributed by atoms with Gasteiger partial charge in [0.05, 0.1) is 9.88 Å². The maximum absolute atomic E-state index is 12.9. The number of nitrogens with zero attached hydrogens (tertiary/aromatic N) is 2. The monoisotopic (exact) mass is 321 g/mol. The van der Waals surface area contributed by atoms with Gasteiger partial charge in [0.25, 0.3) is 0 Å². The van der Waals surface area contributed by atoms with Gasteiger partial charge in [0, 0.05) is 6.54 Å². The summed E-state index contributed by atoms with van der Waals surface area (Å²) in [5.74, 6) is 0.645. The van der Waals surface area contributed by atoms with Crippen LogP contribution in [0.15, 0.2) is 0 Å². The van der Waals surface area contributed by atoms with E-state index in [1.165, 1.54) is 0 Å². The van der Waals surface area contributed by atoms with E-state index in [9.17, 15) is 13.2 Å². The quantitative estimate of drug-likeness (QED) is 0.902. The molecule has 1 saturated heterocycles. The molecule has 0 aliphatic carbocycles. The highest BCUT2D eigenvalue weighted by molar-refractivity contribution is 7.11. The number of alkyl halides is 3. The van der Waals surface area contributed by atoms with Crippen molar-refractivity contribution in [1.82, 2.24) is 15.2 Å². The number of rotatable bonds is 5. The van der Waals surface area contributed by atoms with Gasteiger partial charge in [-0.05, 0) is 51.9 Å². The Labute approximate surface area is 127 Å². The first-order valence-electron chi connectivity index (χ1n) is 7.36. The van der Waals surface area contributed by atoms with Gasteiger partial charge in [0.15, 0.2) is 5.69 Å². The van der Waals surface area contributed by atoms with Gasteiger partial charge in [-0.1, -0.05) is 6.92 Å². The van der Waals surface area contributed by atoms with E-state index in [0.717, 1.165) is 50.4 Å². The lowest BCUT2D eigenvalue weighted by Crippen LogP contribution is -2.37. The summed E-state index contributed by atoms with van der Waals surface area (Å²) < 4.78 is 38.8. The molecule has 0 saturated carbocycles. The highest BCUT2D eigenvalue weighted by Gasteiger charge is 2.37. The molecule has 1 aliphatic rings. The zero-order valence-corrected chi connectivity index (χ0v) is 13.3. The minimum Gasteiger partial charge on any atom is -0.317 e. The van der Waals surface area contributed by atoms with Crippen LogP contribution in [0.4, 0.5) is 13.2 Å². The Morgan fingerprint density at radius 1 is 1.33 bits per heavy atom. The zero-order valence-electron chi connectivity index (χ0n) is 12.5. The lowest BCUT2D eigenvalue weighted by molar-refractivity contribution is -0.141. The first-order chi connectivity index (χ1) is 9.90. The van der Waals surface area contributed by atoms with Crippen LogP contribution >= 0.6 is 11.3 Å². The molecule has 1 fully saturated rings. The number of aromatic nitrogens is 1. The molecule has 2 rings (SSSR count). The number of piperidine rings is 1. The van der Waals surface area contributed by atoms with Crippen LogP contribution in [0.3, 0.4) is 0 Å². The number of aryl methyl sites for hydroxylation is 1. The predicted octanol–water partition coefficient (Wildman–Crippen LogP) is 3.29. The number of nitrogens with one attached hydrogen (secondary N) is 1. The second kappa shape index (κ2) is 7.07. The molecule has 0 spiro atoms. The molecule has 0 bridgehead atoms. The SMILES string of the molecule is CCNCC1CCN(Cc2sc(C)nc2C(F)(F)F)CC1. The van der Waals surface area contributed by atoms with Crippen molar-refractivity contribution in [3.05, 3.63) is 15.6 Å². The Kier molecular flexibility index (Phi) is 5.62. The first-order valence-corrected chi connectivity index (χ1v) is 8.18.